The van der Waals surface area contributed by atoms with E-state index in [0.717, 1.165) is 23.9 Å². The van der Waals surface area contributed by atoms with Gasteiger partial charge in [-0.25, -0.2) is 0 Å². The van der Waals surface area contributed by atoms with Crippen LogP contribution in [0.1, 0.15) is 11.9 Å². The first kappa shape index (κ1) is 17.9. The number of aromatic nitrogens is 1. The molecule has 0 N–H and O–H groups in total. The van der Waals surface area contributed by atoms with Gasteiger partial charge in [0.25, 0.3) is 5.01 Å². The van der Waals surface area contributed by atoms with Crippen molar-refractivity contribution in [1.29, 1.82) is 0 Å². The first-order valence-electron chi connectivity index (χ1n) is 8.08. The van der Waals surface area contributed by atoms with Crippen molar-refractivity contribution in [3.8, 4) is 5.75 Å². The Kier molecular flexibility index (Phi) is 5.44. The fraction of sp³-hybridized carbons (Fsp3) is 0.150. The van der Waals surface area contributed by atoms with E-state index < -0.39 is 0 Å². The molecule has 0 fully saturated rings. The van der Waals surface area contributed by atoms with Gasteiger partial charge in [-0.1, -0.05) is 35.6 Å². The Balaban J connectivity index is 0.00000182. The molecule has 0 radical (unpaired) electrons. The maximum Gasteiger partial charge on any atom is 0.262 e. The van der Waals surface area contributed by atoms with E-state index in [1.165, 1.54) is 15.2 Å². The van der Waals surface area contributed by atoms with Gasteiger partial charge in [0.05, 0.1) is 5.69 Å². The molecule has 1 aliphatic rings. The maximum atomic E-state index is 5.91. The van der Waals surface area contributed by atoms with Crippen molar-refractivity contribution in [1.82, 2.24) is 0 Å². The number of nitrogens with zero attached hydrogens (tertiary/aromatic N) is 2. The van der Waals surface area contributed by atoms with E-state index in [-0.39, 0.29) is 24.0 Å². The number of aryl methyl sites for hydroxylation is 1. The Bertz CT molecular complexity index is 961. The highest BCUT2D eigenvalue weighted by Gasteiger charge is 2.21. The average Bonchev–Trinajstić information content (AvgIpc) is 3.13. The molecule has 3 nitrogen and oxygen atoms in total. The summed E-state index contributed by atoms with van der Waals surface area (Å²) in [7, 11) is 2.02. The Morgan fingerprint density at radius 2 is 1.88 bits per heavy atom. The fourth-order valence-corrected chi connectivity index (χ4v) is 4.12. The highest BCUT2D eigenvalue weighted by Crippen LogP contribution is 2.37. The summed E-state index contributed by atoms with van der Waals surface area (Å²) < 4.78 is 9.55. The van der Waals surface area contributed by atoms with Gasteiger partial charge in [-0.2, -0.15) is 4.57 Å². The van der Waals surface area contributed by atoms with Crippen molar-refractivity contribution in [2.24, 2.45) is 0 Å². The zero-order chi connectivity index (χ0) is 16.5. The van der Waals surface area contributed by atoms with Crippen LogP contribution in [0.3, 0.4) is 0 Å². The van der Waals surface area contributed by atoms with Gasteiger partial charge in [0.15, 0.2) is 11.6 Å². The van der Waals surface area contributed by atoms with Gasteiger partial charge in [-0.15, -0.1) is 0 Å². The predicted molar refractivity (Wildman–Crippen MR) is 100 cm³/mol. The maximum absolute atomic E-state index is 5.91. The summed E-state index contributed by atoms with van der Waals surface area (Å²) in [5.41, 5.74) is 2.39. The van der Waals surface area contributed by atoms with Gasteiger partial charge in [0.1, 0.15) is 11.2 Å². The van der Waals surface area contributed by atoms with Crippen LogP contribution in [0.15, 0.2) is 66.6 Å². The number of hydrogen-bond donors (Lipinski definition) is 0. The minimum atomic E-state index is 0. The smallest absolute Gasteiger partial charge is 0.262 e. The van der Waals surface area contributed by atoms with Crippen molar-refractivity contribution < 1.29 is 33.3 Å². The molecule has 0 aliphatic carbocycles. The van der Waals surface area contributed by atoms with E-state index >= 15 is 0 Å². The lowest BCUT2D eigenvalue weighted by Crippen LogP contribution is -3.00. The molecule has 5 heteroatoms. The molecule has 0 saturated heterocycles. The molecule has 0 amide bonds. The van der Waals surface area contributed by atoms with Gasteiger partial charge >= 0.3 is 0 Å². The molecule has 0 unspecified atom stereocenters. The average molecular weight is 462 g/mol. The van der Waals surface area contributed by atoms with Gasteiger partial charge in [-0.3, -0.25) is 0 Å². The standard InChI is InChI=1S/C20H19N2OS.HI/c1-3-22-16-10-5-7-12-18(16)24-20(22)14-8-13-19-21(2)15-9-4-6-11-17(15)23-19;/h4-14H,3H2,1-2H3;1H/q+1;/p-1. The number of ether oxygens (including phenoxy) is 1. The van der Waals surface area contributed by atoms with Crippen molar-refractivity contribution in [2.45, 2.75) is 13.5 Å². The molecule has 2 aromatic carbocycles. The Hall–Kier alpha value is -1.86. The number of hydrogen-bond acceptors (Lipinski definition) is 3. The highest BCUT2D eigenvalue weighted by atomic mass is 127. The Morgan fingerprint density at radius 1 is 1.12 bits per heavy atom. The van der Waals surface area contributed by atoms with Crippen molar-refractivity contribution in [3.05, 3.63) is 71.6 Å². The molecule has 2 heterocycles. The van der Waals surface area contributed by atoms with Crippen LogP contribution in [0.25, 0.3) is 16.3 Å². The van der Waals surface area contributed by atoms with Crippen LogP contribution in [0.2, 0.25) is 0 Å². The number of fused-ring (bicyclic) bond motifs is 2. The highest BCUT2D eigenvalue weighted by molar-refractivity contribution is 7.18. The molecular formula is C20H19IN2OS. The number of anilines is 1. The Morgan fingerprint density at radius 3 is 2.68 bits per heavy atom. The van der Waals surface area contributed by atoms with Crippen molar-refractivity contribution >= 4 is 33.3 Å². The summed E-state index contributed by atoms with van der Waals surface area (Å²) in [5, 5.41) is 1.24. The normalized spacial score (nSPS) is 14.8. The zero-order valence-corrected chi connectivity index (χ0v) is 17.1. The predicted octanol–water partition coefficient (Wildman–Crippen LogP) is 1.60. The van der Waals surface area contributed by atoms with Crippen LogP contribution >= 0.6 is 11.3 Å². The van der Waals surface area contributed by atoms with Crippen LogP contribution in [0, 0.1) is 0 Å². The van der Waals surface area contributed by atoms with Crippen molar-refractivity contribution in [3.63, 3.8) is 0 Å². The van der Waals surface area contributed by atoms with E-state index in [0.29, 0.717) is 0 Å². The lowest BCUT2D eigenvalue weighted by atomic mass is 10.3. The van der Waals surface area contributed by atoms with Crippen molar-refractivity contribution in [2.75, 3.05) is 11.9 Å². The lowest BCUT2D eigenvalue weighted by Gasteiger charge is -2.09. The minimum absolute atomic E-state index is 0. The number of halogens is 1. The van der Waals surface area contributed by atoms with Crippen LogP contribution in [-0.2, 0) is 6.54 Å². The van der Waals surface area contributed by atoms with E-state index in [2.05, 4.69) is 58.9 Å². The topological polar surface area (TPSA) is 16.4 Å². The van der Waals surface area contributed by atoms with Gasteiger partial charge in [0.2, 0.25) is 5.52 Å². The second-order valence-corrected chi connectivity index (χ2v) is 6.71. The van der Waals surface area contributed by atoms with Gasteiger partial charge < -0.3 is 33.6 Å². The number of allylic oxidation sites excluding steroid dienone is 2. The van der Waals surface area contributed by atoms with E-state index in [1.807, 2.05) is 42.7 Å². The molecule has 128 valence electrons. The minimum Gasteiger partial charge on any atom is -1.00 e. The summed E-state index contributed by atoms with van der Waals surface area (Å²) in [6, 6.07) is 16.6. The second-order valence-electron chi connectivity index (χ2n) is 5.65. The Labute approximate surface area is 168 Å². The molecule has 0 saturated carbocycles. The molecule has 25 heavy (non-hydrogen) atoms. The first-order chi connectivity index (χ1) is 11.8. The quantitative estimate of drug-likeness (QED) is 0.435. The first-order valence-corrected chi connectivity index (χ1v) is 8.90. The molecule has 0 bridgehead atoms. The van der Waals surface area contributed by atoms with Crippen LogP contribution in [-0.4, -0.2) is 7.05 Å². The zero-order valence-electron chi connectivity index (χ0n) is 14.1. The van der Waals surface area contributed by atoms with Gasteiger partial charge in [-0.05, 0) is 37.3 Å². The third-order valence-electron chi connectivity index (χ3n) is 4.20. The number of para-hydroxylation sites is 3. The number of thiazole rings is 1. The third-order valence-corrected chi connectivity index (χ3v) is 5.33. The largest absolute Gasteiger partial charge is 1.00 e. The van der Waals surface area contributed by atoms with Crippen LogP contribution in [0.5, 0.6) is 5.75 Å². The number of benzene rings is 2. The van der Waals surface area contributed by atoms with E-state index in [1.54, 1.807) is 0 Å². The summed E-state index contributed by atoms with van der Waals surface area (Å²) >= 11 is 1.81. The fourth-order valence-electron chi connectivity index (χ4n) is 2.98. The molecule has 0 spiro atoms. The summed E-state index contributed by atoms with van der Waals surface area (Å²) in [4.78, 5) is 2.07. The van der Waals surface area contributed by atoms with E-state index in [9.17, 15) is 0 Å². The van der Waals surface area contributed by atoms with E-state index in [4.69, 9.17) is 4.74 Å². The molecule has 0 atom stereocenters. The molecule has 1 aliphatic heterocycles. The molecule has 4 rings (SSSR count). The second kappa shape index (κ2) is 7.58. The van der Waals surface area contributed by atoms with Crippen LogP contribution < -0.4 is 38.2 Å². The number of rotatable bonds is 3. The molecular weight excluding hydrogens is 443 g/mol. The molecule has 3 aromatic rings. The summed E-state index contributed by atoms with van der Waals surface area (Å²) in [5.74, 6) is 1.75. The SMILES string of the molecule is CC[n+]1c(C=CC=C2Oc3ccccc3N2C)sc2ccccc21.[I-]. The lowest BCUT2D eigenvalue weighted by molar-refractivity contribution is -0.665. The summed E-state index contributed by atoms with van der Waals surface area (Å²) in [6.45, 7) is 3.14. The third kappa shape index (κ3) is 3.30. The monoisotopic (exact) mass is 462 g/mol. The van der Waals surface area contributed by atoms with Crippen LogP contribution in [0.4, 0.5) is 5.69 Å². The summed E-state index contributed by atoms with van der Waals surface area (Å²) in [6.07, 6.45) is 6.24. The van der Waals surface area contributed by atoms with Gasteiger partial charge in [0, 0.05) is 19.2 Å². The molecule has 1 aromatic heterocycles.